The molecule has 2 aromatic heterocycles. The van der Waals surface area contributed by atoms with Gasteiger partial charge in [0.15, 0.2) is 5.58 Å². The van der Waals surface area contributed by atoms with E-state index in [1.54, 1.807) is 6.20 Å². The molecule has 0 saturated heterocycles. The number of imidazole rings is 1. The third-order valence-electron chi connectivity index (χ3n) is 2.99. The normalized spacial score (nSPS) is 13.0. The second kappa shape index (κ2) is 4.05. The van der Waals surface area contributed by atoms with Gasteiger partial charge in [-0.25, -0.2) is 4.98 Å². The molecule has 0 aliphatic carbocycles. The van der Waals surface area contributed by atoms with Crippen LogP contribution in [0.3, 0.4) is 0 Å². The molecule has 86 valence electrons. The highest BCUT2D eigenvalue weighted by Crippen LogP contribution is 2.27. The number of para-hydroxylation sites is 1. The molecule has 1 unspecified atom stereocenters. The van der Waals surface area contributed by atoms with Crippen LogP contribution in [0, 0.1) is 0 Å². The second-order valence-corrected chi connectivity index (χ2v) is 4.00. The standard InChI is InChI=1S/C13H13N3O/c1-2-11(16-8-7-14-9-16)13-10-5-3-4-6-12(10)17-15-13/h3-9,11H,2H2,1H3. The molecular weight excluding hydrogens is 214 g/mol. The fourth-order valence-electron chi connectivity index (χ4n) is 2.14. The summed E-state index contributed by atoms with van der Waals surface area (Å²) in [6, 6.07) is 8.12. The van der Waals surface area contributed by atoms with Gasteiger partial charge in [0.05, 0.1) is 12.4 Å². The van der Waals surface area contributed by atoms with Gasteiger partial charge in [-0.15, -0.1) is 0 Å². The molecule has 1 atom stereocenters. The highest BCUT2D eigenvalue weighted by molar-refractivity contribution is 5.79. The number of aromatic nitrogens is 3. The summed E-state index contributed by atoms with van der Waals surface area (Å²) in [4.78, 5) is 4.09. The number of benzene rings is 1. The quantitative estimate of drug-likeness (QED) is 0.690. The van der Waals surface area contributed by atoms with Crippen LogP contribution in [-0.4, -0.2) is 14.7 Å². The fraction of sp³-hybridized carbons (Fsp3) is 0.231. The van der Waals surface area contributed by atoms with E-state index in [9.17, 15) is 0 Å². The molecule has 4 heteroatoms. The topological polar surface area (TPSA) is 43.9 Å². The van der Waals surface area contributed by atoms with E-state index in [4.69, 9.17) is 4.52 Å². The Kier molecular flexibility index (Phi) is 2.40. The third-order valence-corrected chi connectivity index (χ3v) is 2.99. The summed E-state index contributed by atoms with van der Waals surface area (Å²) in [5, 5.41) is 5.28. The van der Waals surface area contributed by atoms with E-state index >= 15 is 0 Å². The fourth-order valence-corrected chi connectivity index (χ4v) is 2.14. The van der Waals surface area contributed by atoms with Crippen molar-refractivity contribution < 1.29 is 4.52 Å². The molecule has 0 fully saturated rings. The van der Waals surface area contributed by atoms with Gasteiger partial charge in [0.1, 0.15) is 5.69 Å². The Balaban J connectivity index is 2.13. The summed E-state index contributed by atoms with van der Waals surface area (Å²) >= 11 is 0. The minimum Gasteiger partial charge on any atom is -0.356 e. The molecule has 1 aromatic carbocycles. The lowest BCUT2D eigenvalue weighted by atomic mass is 10.1. The maximum absolute atomic E-state index is 5.35. The van der Waals surface area contributed by atoms with Crippen molar-refractivity contribution in [1.82, 2.24) is 14.7 Å². The Morgan fingerprint density at radius 1 is 1.35 bits per heavy atom. The van der Waals surface area contributed by atoms with E-state index in [1.165, 1.54) is 0 Å². The smallest absolute Gasteiger partial charge is 0.167 e. The molecule has 3 rings (SSSR count). The lowest BCUT2D eigenvalue weighted by molar-refractivity contribution is 0.423. The first-order chi connectivity index (χ1) is 8.40. The molecule has 0 aliphatic rings. The van der Waals surface area contributed by atoms with E-state index in [2.05, 4.69) is 21.6 Å². The van der Waals surface area contributed by atoms with Crippen LogP contribution in [0.15, 0.2) is 47.5 Å². The van der Waals surface area contributed by atoms with Gasteiger partial charge in [-0.05, 0) is 18.6 Å². The van der Waals surface area contributed by atoms with E-state index in [-0.39, 0.29) is 6.04 Å². The predicted octanol–water partition coefficient (Wildman–Crippen LogP) is 3.02. The Bertz CT molecular complexity index is 612. The lowest BCUT2D eigenvalue weighted by Crippen LogP contribution is -2.08. The summed E-state index contributed by atoms with van der Waals surface area (Å²) in [7, 11) is 0. The zero-order chi connectivity index (χ0) is 11.7. The summed E-state index contributed by atoms with van der Waals surface area (Å²) < 4.78 is 7.41. The van der Waals surface area contributed by atoms with Crippen molar-refractivity contribution in [3.05, 3.63) is 48.7 Å². The van der Waals surface area contributed by atoms with Crippen LogP contribution >= 0.6 is 0 Å². The van der Waals surface area contributed by atoms with Gasteiger partial charge in [-0.2, -0.15) is 0 Å². The zero-order valence-electron chi connectivity index (χ0n) is 9.58. The van der Waals surface area contributed by atoms with Crippen molar-refractivity contribution in [3.63, 3.8) is 0 Å². The second-order valence-electron chi connectivity index (χ2n) is 4.00. The number of rotatable bonds is 3. The summed E-state index contributed by atoms with van der Waals surface area (Å²) in [6.07, 6.45) is 6.51. The molecule has 4 nitrogen and oxygen atoms in total. The van der Waals surface area contributed by atoms with Gasteiger partial charge >= 0.3 is 0 Å². The molecule has 2 heterocycles. The first-order valence-corrected chi connectivity index (χ1v) is 5.72. The van der Waals surface area contributed by atoms with Gasteiger partial charge in [0, 0.05) is 17.8 Å². The molecule has 0 amide bonds. The summed E-state index contributed by atoms with van der Waals surface area (Å²) in [6.45, 7) is 2.13. The van der Waals surface area contributed by atoms with Crippen molar-refractivity contribution in [2.24, 2.45) is 0 Å². The van der Waals surface area contributed by atoms with E-state index < -0.39 is 0 Å². The maximum Gasteiger partial charge on any atom is 0.167 e. The SMILES string of the molecule is CCC(c1noc2ccccc12)n1ccnc1. The molecule has 0 bridgehead atoms. The van der Waals surface area contributed by atoms with Gasteiger partial charge in [-0.3, -0.25) is 0 Å². The lowest BCUT2D eigenvalue weighted by Gasteiger charge is -2.13. The number of hydrogen-bond donors (Lipinski definition) is 0. The minimum absolute atomic E-state index is 0.182. The molecule has 0 radical (unpaired) electrons. The Morgan fingerprint density at radius 3 is 3.00 bits per heavy atom. The van der Waals surface area contributed by atoms with Crippen molar-refractivity contribution in [3.8, 4) is 0 Å². The number of fused-ring (bicyclic) bond motifs is 1. The van der Waals surface area contributed by atoms with Gasteiger partial charge in [0.25, 0.3) is 0 Å². The highest BCUT2D eigenvalue weighted by Gasteiger charge is 2.18. The van der Waals surface area contributed by atoms with Crippen molar-refractivity contribution >= 4 is 11.0 Å². The van der Waals surface area contributed by atoms with E-state index in [0.717, 1.165) is 23.1 Å². The average Bonchev–Trinajstić information content (AvgIpc) is 3.01. The Hall–Kier alpha value is -2.10. The molecule has 17 heavy (non-hydrogen) atoms. The maximum atomic E-state index is 5.35. The number of hydrogen-bond acceptors (Lipinski definition) is 3. The van der Waals surface area contributed by atoms with Crippen LogP contribution in [0.1, 0.15) is 25.1 Å². The van der Waals surface area contributed by atoms with Crippen LogP contribution < -0.4 is 0 Å². The van der Waals surface area contributed by atoms with E-state index in [0.29, 0.717) is 0 Å². The monoisotopic (exact) mass is 227 g/mol. The van der Waals surface area contributed by atoms with Crippen LogP contribution in [0.4, 0.5) is 0 Å². The van der Waals surface area contributed by atoms with Crippen LogP contribution in [0.25, 0.3) is 11.0 Å². The summed E-state index contributed by atoms with van der Waals surface area (Å²) in [5.74, 6) is 0. The van der Waals surface area contributed by atoms with E-state index in [1.807, 2.05) is 36.8 Å². The number of nitrogens with zero attached hydrogens (tertiary/aromatic N) is 3. The first-order valence-electron chi connectivity index (χ1n) is 5.72. The minimum atomic E-state index is 0.182. The van der Waals surface area contributed by atoms with Crippen LogP contribution in [-0.2, 0) is 0 Å². The molecule has 0 spiro atoms. The molecule has 0 aliphatic heterocycles. The van der Waals surface area contributed by atoms with Gasteiger partial charge in [0.2, 0.25) is 0 Å². The van der Waals surface area contributed by atoms with Crippen molar-refractivity contribution in [1.29, 1.82) is 0 Å². The first kappa shape index (κ1) is 10.1. The van der Waals surface area contributed by atoms with Crippen LogP contribution in [0.2, 0.25) is 0 Å². The van der Waals surface area contributed by atoms with Crippen LogP contribution in [0.5, 0.6) is 0 Å². The zero-order valence-corrected chi connectivity index (χ0v) is 9.58. The Morgan fingerprint density at radius 2 is 2.24 bits per heavy atom. The third kappa shape index (κ3) is 1.62. The van der Waals surface area contributed by atoms with Crippen molar-refractivity contribution in [2.45, 2.75) is 19.4 Å². The molecule has 0 saturated carbocycles. The Labute approximate surface area is 98.9 Å². The van der Waals surface area contributed by atoms with Crippen molar-refractivity contribution in [2.75, 3.05) is 0 Å². The summed E-state index contributed by atoms with van der Waals surface area (Å²) in [5.41, 5.74) is 1.81. The highest BCUT2D eigenvalue weighted by atomic mass is 16.5. The average molecular weight is 227 g/mol. The molecule has 3 aromatic rings. The van der Waals surface area contributed by atoms with Gasteiger partial charge < -0.3 is 9.09 Å². The molecular formula is C13H13N3O. The van der Waals surface area contributed by atoms with Gasteiger partial charge in [-0.1, -0.05) is 24.2 Å². The largest absolute Gasteiger partial charge is 0.356 e. The molecule has 0 N–H and O–H groups in total. The predicted molar refractivity (Wildman–Crippen MR) is 64.7 cm³/mol.